The maximum atomic E-state index is 13.4. The molecule has 0 radical (unpaired) electrons. The summed E-state index contributed by atoms with van der Waals surface area (Å²) in [7, 11) is 0. The number of carbonyl (C=O) groups excluding carboxylic acids is 5. The van der Waals surface area contributed by atoms with Gasteiger partial charge in [-0.3, -0.25) is 34.3 Å². The van der Waals surface area contributed by atoms with Gasteiger partial charge in [0.25, 0.3) is 17.4 Å². The normalized spacial score (nSPS) is 14.4. The minimum Gasteiger partial charge on any atom is -0.494 e. The van der Waals surface area contributed by atoms with E-state index in [0.717, 1.165) is 9.47 Å². The van der Waals surface area contributed by atoms with E-state index in [1.807, 2.05) is 0 Å². The minimum atomic E-state index is -0.963. The molecule has 234 valence electrons. The van der Waals surface area contributed by atoms with Crippen molar-refractivity contribution >= 4 is 53.2 Å². The third kappa shape index (κ3) is 6.56. The van der Waals surface area contributed by atoms with E-state index in [4.69, 9.17) is 5.73 Å². The number of H-pyrrole nitrogens is 1. The van der Waals surface area contributed by atoms with Gasteiger partial charge in [0, 0.05) is 11.3 Å². The van der Waals surface area contributed by atoms with Gasteiger partial charge < -0.3 is 16.2 Å². The number of imide groups is 2. The highest BCUT2D eigenvalue weighted by atomic mass is 16.3. The lowest BCUT2D eigenvalue weighted by molar-refractivity contribution is -0.122. The van der Waals surface area contributed by atoms with E-state index >= 15 is 0 Å². The van der Waals surface area contributed by atoms with E-state index < -0.39 is 40.9 Å². The molecule has 0 unspecified atom stereocenters. The number of aromatic amines is 1. The summed E-state index contributed by atoms with van der Waals surface area (Å²) >= 11 is 0. The number of aromatic nitrogens is 2. The van der Waals surface area contributed by atoms with Crippen LogP contribution in [-0.4, -0.2) is 44.8 Å². The molecule has 1 saturated heterocycles. The summed E-state index contributed by atoms with van der Waals surface area (Å²) in [4.78, 5) is 89.8. The quantitative estimate of drug-likeness (QED) is 0.0796. The number of urea groups is 1. The summed E-state index contributed by atoms with van der Waals surface area (Å²) < 4.78 is 0.760. The van der Waals surface area contributed by atoms with Crippen LogP contribution in [0.15, 0.2) is 112 Å². The predicted molar refractivity (Wildman–Crippen MR) is 172 cm³/mol. The molecule has 6 N–H and O–H groups in total. The Morgan fingerprint density at radius 1 is 0.851 bits per heavy atom. The zero-order valence-electron chi connectivity index (χ0n) is 24.2. The Hall–Kier alpha value is -7.09. The molecule has 47 heavy (non-hydrogen) atoms. The number of amides is 6. The molecule has 1 fully saturated rings. The van der Waals surface area contributed by atoms with Gasteiger partial charge in [0.2, 0.25) is 18.2 Å². The third-order valence-electron chi connectivity index (χ3n) is 6.95. The van der Waals surface area contributed by atoms with Crippen LogP contribution in [0.4, 0.5) is 16.2 Å². The van der Waals surface area contributed by atoms with E-state index in [0.29, 0.717) is 23.2 Å². The van der Waals surface area contributed by atoms with Crippen LogP contribution >= 0.6 is 0 Å². The number of primary amides is 1. The fraction of sp³-hybridized carbons (Fsp3) is 0. The number of anilines is 2. The second-order valence-corrected chi connectivity index (χ2v) is 9.85. The number of carbonyl (C=O) groups is 5. The first-order valence-corrected chi connectivity index (χ1v) is 13.7. The van der Waals surface area contributed by atoms with Crippen molar-refractivity contribution in [1.29, 1.82) is 0 Å². The largest absolute Gasteiger partial charge is 0.494 e. The lowest BCUT2D eigenvalue weighted by Crippen LogP contribution is -2.54. The first-order chi connectivity index (χ1) is 22.6. The van der Waals surface area contributed by atoms with E-state index in [1.165, 1.54) is 72.8 Å². The van der Waals surface area contributed by atoms with E-state index in [9.17, 15) is 38.7 Å². The van der Waals surface area contributed by atoms with Gasteiger partial charge in [-0.05, 0) is 71.8 Å². The maximum absolute atomic E-state index is 13.4. The van der Waals surface area contributed by atoms with Gasteiger partial charge >= 0.3 is 11.7 Å². The van der Waals surface area contributed by atoms with Crippen LogP contribution in [0.2, 0.25) is 0 Å². The number of allylic oxidation sites excluding steroid dienone is 4. The molecule has 14 nitrogen and oxygen atoms in total. The highest BCUT2D eigenvalue weighted by Gasteiger charge is 2.36. The molecule has 5 rings (SSSR count). The van der Waals surface area contributed by atoms with Crippen molar-refractivity contribution in [2.24, 2.45) is 5.73 Å². The van der Waals surface area contributed by atoms with Crippen molar-refractivity contribution in [3.05, 3.63) is 140 Å². The predicted octanol–water partition coefficient (Wildman–Crippen LogP) is 2.20. The Bertz CT molecular complexity index is 2130. The van der Waals surface area contributed by atoms with Gasteiger partial charge in [0.1, 0.15) is 11.1 Å². The number of rotatable bonds is 9. The molecule has 1 aromatic heterocycles. The van der Waals surface area contributed by atoms with Crippen LogP contribution in [0.3, 0.4) is 0 Å². The number of benzene rings is 3. The van der Waals surface area contributed by atoms with Crippen LogP contribution < -0.4 is 32.5 Å². The highest BCUT2D eigenvalue weighted by Crippen LogP contribution is 2.24. The Morgan fingerprint density at radius 2 is 1.51 bits per heavy atom. The van der Waals surface area contributed by atoms with Gasteiger partial charge in [-0.1, -0.05) is 42.5 Å². The van der Waals surface area contributed by atoms with Crippen molar-refractivity contribution in [3.8, 4) is 11.6 Å². The Morgan fingerprint density at radius 3 is 2.15 bits per heavy atom. The molecule has 2 heterocycles. The smallest absolute Gasteiger partial charge is 0.335 e. The molecule has 0 atom stereocenters. The van der Waals surface area contributed by atoms with E-state index in [2.05, 4.69) is 15.6 Å². The topological polar surface area (TPSA) is 214 Å². The van der Waals surface area contributed by atoms with E-state index in [1.54, 1.807) is 30.3 Å². The van der Waals surface area contributed by atoms with Gasteiger partial charge in [-0.25, -0.2) is 19.1 Å². The fourth-order valence-corrected chi connectivity index (χ4v) is 4.61. The molecule has 14 heteroatoms. The number of hydrogen-bond acceptors (Lipinski definition) is 8. The number of nitrogens with zero attached hydrogens (tertiary/aromatic N) is 2. The summed E-state index contributed by atoms with van der Waals surface area (Å²) in [5.41, 5.74) is 4.55. The number of aromatic hydroxyl groups is 1. The minimum absolute atomic E-state index is 0.107. The summed E-state index contributed by atoms with van der Waals surface area (Å²) in [6, 6.07) is 18.8. The Kier molecular flexibility index (Phi) is 8.85. The molecule has 0 aliphatic carbocycles. The number of hydrogen-bond donors (Lipinski definition) is 5. The molecule has 3 aromatic carbocycles. The van der Waals surface area contributed by atoms with Crippen LogP contribution in [-0.2, 0) is 14.4 Å². The first-order valence-electron chi connectivity index (χ1n) is 13.7. The summed E-state index contributed by atoms with van der Waals surface area (Å²) in [6.45, 7) is 0. The average Bonchev–Trinajstić information content (AvgIpc) is 3.04. The molecule has 0 saturated carbocycles. The van der Waals surface area contributed by atoms with Crippen molar-refractivity contribution in [2.45, 2.75) is 0 Å². The molecule has 4 aromatic rings. The monoisotopic (exact) mass is 632 g/mol. The first kappa shape index (κ1) is 31.3. The highest BCUT2D eigenvalue weighted by molar-refractivity contribution is 6.37. The van der Waals surface area contributed by atoms with Gasteiger partial charge in [0.05, 0.1) is 11.4 Å². The Labute approximate surface area is 264 Å². The molecule has 6 amide bonds. The fourth-order valence-electron chi connectivity index (χ4n) is 4.61. The van der Waals surface area contributed by atoms with Crippen molar-refractivity contribution < 1.29 is 29.1 Å². The number of barbiturate groups is 1. The lowest BCUT2D eigenvalue weighted by Gasteiger charge is -2.26. The van der Waals surface area contributed by atoms with Gasteiger partial charge in [0.15, 0.2) is 0 Å². The van der Waals surface area contributed by atoms with Gasteiger partial charge in [-0.15, -0.1) is 0 Å². The average molecular weight is 633 g/mol. The summed E-state index contributed by atoms with van der Waals surface area (Å²) in [5.74, 6) is -3.26. The molecule has 0 spiro atoms. The van der Waals surface area contributed by atoms with Gasteiger partial charge in [-0.2, -0.15) is 0 Å². The van der Waals surface area contributed by atoms with Crippen LogP contribution in [0, 0.1) is 0 Å². The lowest BCUT2D eigenvalue weighted by atomic mass is 10.0. The van der Waals surface area contributed by atoms with E-state index in [-0.39, 0.29) is 28.1 Å². The number of nitrogens with two attached hydrogens (primary N) is 1. The zero-order valence-corrected chi connectivity index (χ0v) is 24.2. The zero-order chi connectivity index (χ0) is 33.7. The molecule has 1 aliphatic heterocycles. The Balaban J connectivity index is 1.54. The van der Waals surface area contributed by atoms with Crippen molar-refractivity contribution in [3.63, 3.8) is 0 Å². The summed E-state index contributed by atoms with van der Waals surface area (Å²) in [6.07, 6.45) is 5.75. The molecule has 0 bridgehead atoms. The van der Waals surface area contributed by atoms with Crippen LogP contribution in [0.1, 0.15) is 21.5 Å². The standard InChI is InChI=1S/C33H24N6O8/c34-27(41)21-6-12-23(13-7-21)38-30(44)25(28(42)36-32(38)46)16-8-20(19-4-2-1-3-5-19)9-17-26-29(43)37-33(47)39(31(26)45)24-14-10-22(11-15-24)35-18-40/h1-18,42H,(H2,34,41)(H,35,40)(H,36,46)(H,37,43,47). The maximum Gasteiger partial charge on any atom is 0.335 e. The van der Waals surface area contributed by atoms with Crippen molar-refractivity contribution in [1.82, 2.24) is 14.9 Å². The SMILES string of the molecule is NC(=O)c1ccc(-n2c(=O)[nH]c(O)c(C=CC(=CC=C3C(=O)NC(=O)N(c4ccc(NC=O)cc4)C3=O)c3ccccc3)c2=O)cc1. The molecular formula is C33H24N6O8. The molecule has 1 aliphatic rings. The summed E-state index contributed by atoms with van der Waals surface area (Å²) in [5, 5.41) is 15.1. The van der Waals surface area contributed by atoms with Crippen molar-refractivity contribution in [2.75, 3.05) is 10.2 Å². The van der Waals surface area contributed by atoms with Crippen LogP contribution in [0.5, 0.6) is 5.88 Å². The molecular weight excluding hydrogens is 608 g/mol. The third-order valence-corrected chi connectivity index (χ3v) is 6.95. The second kappa shape index (κ2) is 13.3. The van der Waals surface area contributed by atoms with Crippen LogP contribution in [0.25, 0.3) is 17.3 Å². The second-order valence-electron chi connectivity index (χ2n) is 9.85. The number of nitrogens with one attached hydrogen (secondary N) is 3.